The fourth-order valence-electron chi connectivity index (χ4n) is 3.71. The van der Waals surface area contributed by atoms with Crippen LogP contribution in [-0.4, -0.2) is 59.8 Å². The smallest absolute Gasteiger partial charge is 0.326 e. The molecule has 1 saturated heterocycles. The number of amides is 1. The summed E-state index contributed by atoms with van der Waals surface area (Å²) < 4.78 is 5.42. The Labute approximate surface area is 132 Å². The van der Waals surface area contributed by atoms with Gasteiger partial charge in [-0.3, -0.25) is 9.69 Å². The van der Waals surface area contributed by atoms with Crippen molar-refractivity contribution in [2.45, 2.75) is 57.5 Å². The van der Waals surface area contributed by atoms with Gasteiger partial charge in [0.15, 0.2) is 0 Å². The summed E-state index contributed by atoms with van der Waals surface area (Å²) in [7, 11) is 0. The molecule has 1 aliphatic carbocycles. The average Bonchev–Trinajstić information content (AvgIpc) is 2.95. The van der Waals surface area contributed by atoms with Crippen LogP contribution < -0.4 is 5.32 Å². The van der Waals surface area contributed by atoms with Crippen LogP contribution in [0.15, 0.2) is 0 Å². The van der Waals surface area contributed by atoms with Crippen molar-refractivity contribution in [3.8, 4) is 0 Å². The van der Waals surface area contributed by atoms with Gasteiger partial charge in [0.1, 0.15) is 6.04 Å². The summed E-state index contributed by atoms with van der Waals surface area (Å²) in [4.78, 5) is 26.1. The second-order valence-electron chi connectivity index (χ2n) is 6.84. The molecule has 0 radical (unpaired) electrons. The summed E-state index contributed by atoms with van der Waals surface area (Å²) in [5, 5.41) is 11.9. The van der Waals surface area contributed by atoms with Gasteiger partial charge in [-0.05, 0) is 18.8 Å². The highest BCUT2D eigenvalue weighted by atomic mass is 16.5. The third kappa shape index (κ3) is 3.98. The SMILES string of the molecule is CC(C)[C@@H](NC(=O)CC1(N2CCOCC2)CCCC1)C(=O)O. The first-order valence-electron chi connectivity index (χ1n) is 8.29. The standard InChI is InChI=1S/C16H28N2O4/c1-12(2)14(15(20)21)17-13(19)11-16(5-3-4-6-16)18-7-9-22-10-8-18/h12,14H,3-11H2,1-2H3,(H,17,19)(H,20,21)/t14-/m1/s1. The third-order valence-electron chi connectivity index (χ3n) is 4.95. The summed E-state index contributed by atoms with van der Waals surface area (Å²) in [5.74, 6) is -1.23. The Balaban J connectivity index is 2.01. The minimum absolute atomic E-state index is 0.103. The molecule has 22 heavy (non-hydrogen) atoms. The van der Waals surface area contributed by atoms with E-state index < -0.39 is 12.0 Å². The molecular weight excluding hydrogens is 284 g/mol. The van der Waals surface area contributed by atoms with Crippen LogP contribution in [0.2, 0.25) is 0 Å². The van der Waals surface area contributed by atoms with E-state index in [-0.39, 0.29) is 17.4 Å². The number of aliphatic carboxylic acids is 1. The zero-order valence-corrected chi connectivity index (χ0v) is 13.6. The van der Waals surface area contributed by atoms with E-state index >= 15 is 0 Å². The number of nitrogens with zero attached hydrogens (tertiary/aromatic N) is 1. The van der Waals surface area contributed by atoms with Crippen LogP contribution >= 0.6 is 0 Å². The Kier molecular flexibility index (Phi) is 5.81. The molecule has 1 aliphatic heterocycles. The molecule has 0 aromatic heterocycles. The van der Waals surface area contributed by atoms with Gasteiger partial charge in [0, 0.05) is 25.0 Å². The van der Waals surface area contributed by atoms with Crippen molar-refractivity contribution in [2.75, 3.05) is 26.3 Å². The second-order valence-corrected chi connectivity index (χ2v) is 6.84. The van der Waals surface area contributed by atoms with E-state index in [0.29, 0.717) is 19.6 Å². The van der Waals surface area contributed by atoms with E-state index in [0.717, 1.165) is 38.8 Å². The van der Waals surface area contributed by atoms with Crippen molar-refractivity contribution in [1.29, 1.82) is 0 Å². The summed E-state index contributed by atoms with van der Waals surface area (Å²) in [6.45, 7) is 6.78. The monoisotopic (exact) mass is 312 g/mol. The molecule has 2 rings (SSSR count). The van der Waals surface area contributed by atoms with Gasteiger partial charge >= 0.3 is 5.97 Å². The number of ether oxygens (including phenoxy) is 1. The van der Waals surface area contributed by atoms with Gasteiger partial charge < -0.3 is 15.2 Å². The van der Waals surface area contributed by atoms with E-state index in [9.17, 15) is 14.7 Å². The van der Waals surface area contributed by atoms with Crippen LogP contribution in [0.4, 0.5) is 0 Å². The van der Waals surface area contributed by atoms with Gasteiger partial charge in [-0.15, -0.1) is 0 Å². The van der Waals surface area contributed by atoms with Crippen molar-refractivity contribution in [1.82, 2.24) is 10.2 Å². The van der Waals surface area contributed by atoms with Crippen molar-refractivity contribution < 1.29 is 19.4 Å². The number of carbonyl (C=O) groups excluding carboxylic acids is 1. The quantitative estimate of drug-likeness (QED) is 0.771. The molecule has 2 aliphatic rings. The number of hydrogen-bond acceptors (Lipinski definition) is 4. The van der Waals surface area contributed by atoms with Crippen LogP contribution in [0.5, 0.6) is 0 Å². The lowest BCUT2D eigenvalue weighted by molar-refractivity contribution is -0.143. The number of nitrogens with one attached hydrogen (secondary N) is 1. The molecule has 0 aromatic rings. The lowest BCUT2D eigenvalue weighted by Gasteiger charge is -2.43. The zero-order chi connectivity index (χ0) is 16.2. The summed E-state index contributed by atoms with van der Waals surface area (Å²) in [5.41, 5.74) is -0.103. The predicted octanol–water partition coefficient (Wildman–Crippen LogP) is 1.25. The van der Waals surface area contributed by atoms with Gasteiger partial charge in [0.2, 0.25) is 5.91 Å². The van der Waals surface area contributed by atoms with E-state index in [1.54, 1.807) is 0 Å². The number of carboxylic acids is 1. The summed E-state index contributed by atoms with van der Waals surface area (Å²) in [6.07, 6.45) is 4.69. The zero-order valence-electron chi connectivity index (χ0n) is 13.6. The van der Waals surface area contributed by atoms with Gasteiger partial charge in [0.25, 0.3) is 0 Å². The fraction of sp³-hybridized carbons (Fsp3) is 0.875. The molecule has 2 fully saturated rings. The Morgan fingerprint density at radius 2 is 1.82 bits per heavy atom. The highest BCUT2D eigenvalue weighted by Gasteiger charge is 2.42. The molecule has 0 spiro atoms. The molecule has 1 amide bonds. The molecule has 126 valence electrons. The molecule has 0 bridgehead atoms. The van der Waals surface area contributed by atoms with Gasteiger partial charge in [-0.1, -0.05) is 26.7 Å². The first-order valence-corrected chi connectivity index (χ1v) is 8.29. The fourth-order valence-corrected chi connectivity index (χ4v) is 3.71. The molecule has 1 heterocycles. The van der Waals surface area contributed by atoms with Crippen molar-refractivity contribution in [3.63, 3.8) is 0 Å². The topological polar surface area (TPSA) is 78.9 Å². The summed E-state index contributed by atoms with van der Waals surface area (Å²) >= 11 is 0. The van der Waals surface area contributed by atoms with Crippen molar-refractivity contribution >= 4 is 11.9 Å². The molecule has 2 N–H and O–H groups in total. The van der Waals surface area contributed by atoms with Crippen molar-refractivity contribution in [2.24, 2.45) is 5.92 Å². The Hall–Kier alpha value is -1.14. The van der Waals surface area contributed by atoms with E-state index in [1.807, 2.05) is 13.8 Å². The Bertz CT molecular complexity index is 399. The van der Waals surface area contributed by atoms with E-state index in [1.165, 1.54) is 0 Å². The first-order chi connectivity index (χ1) is 10.4. The van der Waals surface area contributed by atoms with Crippen LogP contribution in [-0.2, 0) is 14.3 Å². The van der Waals surface area contributed by atoms with Crippen LogP contribution in [0.1, 0.15) is 46.0 Å². The van der Waals surface area contributed by atoms with Gasteiger partial charge in [-0.2, -0.15) is 0 Å². The Morgan fingerprint density at radius 1 is 1.23 bits per heavy atom. The van der Waals surface area contributed by atoms with Gasteiger partial charge in [-0.25, -0.2) is 4.79 Å². The average molecular weight is 312 g/mol. The lowest BCUT2D eigenvalue weighted by Crippen LogP contribution is -2.55. The third-order valence-corrected chi connectivity index (χ3v) is 4.95. The maximum atomic E-state index is 12.4. The molecule has 0 aromatic carbocycles. The number of hydrogen-bond donors (Lipinski definition) is 2. The highest BCUT2D eigenvalue weighted by molar-refractivity contribution is 5.84. The molecule has 6 nitrogen and oxygen atoms in total. The molecular formula is C16H28N2O4. The van der Waals surface area contributed by atoms with Crippen LogP contribution in [0.25, 0.3) is 0 Å². The number of carbonyl (C=O) groups is 2. The largest absolute Gasteiger partial charge is 0.480 e. The lowest BCUT2D eigenvalue weighted by atomic mass is 9.89. The van der Waals surface area contributed by atoms with Crippen LogP contribution in [0, 0.1) is 5.92 Å². The van der Waals surface area contributed by atoms with Crippen LogP contribution in [0.3, 0.4) is 0 Å². The first kappa shape index (κ1) is 17.2. The molecule has 0 unspecified atom stereocenters. The Morgan fingerprint density at radius 3 is 2.32 bits per heavy atom. The number of rotatable bonds is 6. The number of carboxylic acid groups (broad SMARTS) is 1. The molecule has 1 atom stereocenters. The summed E-state index contributed by atoms with van der Waals surface area (Å²) in [6, 6.07) is -0.810. The van der Waals surface area contributed by atoms with E-state index in [4.69, 9.17) is 4.74 Å². The molecule has 6 heteroatoms. The number of morpholine rings is 1. The minimum atomic E-state index is -0.963. The minimum Gasteiger partial charge on any atom is -0.480 e. The molecule has 1 saturated carbocycles. The highest BCUT2D eigenvalue weighted by Crippen LogP contribution is 2.38. The normalized spacial score (nSPS) is 23.4. The maximum absolute atomic E-state index is 12.4. The van der Waals surface area contributed by atoms with Crippen molar-refractivity contribution in [3.05, 3.63) is 0 Å². The van der Waals surface area contributed by atoms with E-state index in [2.05, 4.69) is 10.2 Å². The second kappa shape index (κ2) is 7.42. The van der Waals surface area contributed by atoms with Gasteiger partial charge in [0.05, 0.1) is 13.2 Å². The maximum Gasteiger partial charge on any atom is 0.326 e. The predicted molar refractivity (Wildman–Crippen MR) is 82.6 cm³/mol.